The molecule has 3 nitrogen and oxygen atoms in total. The average molecular weight is 340 g/mol. The molecular formula is C19H33NO2S. The molecule has 0 aliphatic heterocycles. The van der Waals surface area contributed by atoms with E-state index in [1.807, 2.05) is 12.1 Å². The van der Waals surface area contributed by atoms with E-state index in [4.69, 9.17) is 0 Å². The van der Waals surface area contributed by atoms with Gasteiger partial charge in [-0.25, -0.2) is 0 Å². The molecule has 1 aliphatic carbocycles. The van der Waals surface area contributed by atoms with Crippen LogP contribution in [-0.4, -0.2) is 22.9 Å². The van der Waals surface area contributed by atoms with Crippen LogP contribution in [0.5, 0.6) is 0 Å². The molecule has 1 fully saturated rings. The van der Waals surface area contributed by atoms with Crippen LogP contribution in [0, 0.1) is 5.92 Å². The molecule has 1 atom stereocenters. The van der Waals surface area contributed by atoms with E-state index >= 15 is 0 Å². The number of nitrogens with one attached hydrogen (secondary N) is 1. The van der Waals surface area contributed by atoms with Crippen molar-refractivity contribution < 1.29 is 9.00 Å². The first kappa shape index (κ1) is 21.8. The monoisotopic (exact) mass is 339 g/mol. The fraction of sp³-hybridized carbons (Fsp3) is 0.632. The molecule has 0 aromatic heterocycles. The summed E-state index contributed by atoms with van der Waals surface area (Å²) < 4.78 is 11.7. The van der Waals surface area contributed by atoms with Crippen molar-refractivity contribution in [2.75, 3.05) is 12.8 Å². The lowest BCUT2D eigenvalue weighted by atomic mass is 9.91. The van der Waals surface area contributed by atoms with Gasteiger partial charge in [0.15, 0.2) is 0 Å². The minimum absolute atomic E-state index is 0. The van der Waals surface area contributed by atoms with E-state index in [0.717, 1.165) is 6.54 Å². The van der Waals surface area contributed by atoms with E-state index in [-0.39, 0.29) is 20.8 Å². The maximum absolute atomic E-state index is 12.3. The number of hydrogen-bond acceptors (Lipinski definition) is 2. The maximum Gasteiger partial charge on any atom is 0.252 e. The summed E-state index contributed by atoms with van der Waals surface area (Å²) in [6.45, 7) is 0.740. The number of carbonyl (C=O) groups excluding carboxylic acids is 1. The summed E-state index contributed by atoms with van der Waals surface area (Å²) in [5, 5.41) is 3.04. The minimum atomic E-state index is -1.14. The Balaban J connectivity index is 0.00000242. The van der Waals surface area contributed by atoms with Crippen LogP contribution in [-0.2, 0) is 10.8 Å². The second-order valence-corrected chi connectivity index (χ2v) is 7.22. The van der Waals surface area contributed by atoms with Crippen LogP contribution in [0.4, 0.5) is 0 Å². The Morgan fingerprint density at radius 3 is 2.26 bits per heavy atom. The molecule has 0 bridgehead atoms. The van der Waals surface area contributed by atoms with Gasteiger partial charge >= 0.3 is 0 Å². The van der Waals surface area contributed by atoms with Gasteiger partial charge in [0, 0.05) is 12.8 Å². The van der Waals surface area contributed by atoms with Gasteiger partial charge in [-0.2, -0.15) is 0 Å². The van der Waals surface area contributed by atoms with Gasteiger partial charge < -0.3 is 5.32 Å². The van der Waals surface area contributed by atoms with Crippen molar-refractivity contribution in [3.8, 4) is 0 Å². The first-order chi connectivity index (χ1) is 10.2. The molecule has 0 saturated heterocycles. The van der Waals surface area contributed by atoms with Gasteiger partial charge in [0.05, 0.1) is 21.3 Å². The molecule has 1 unspecified atom stereocenters. The summed E-state index contributed by atoms with van der Waals surface area (Å²) in [6, 6.07) is 7.16. The lowest BCUT2D eigenvalue weighted by Crippen LogP contribution is -2.30. The van der Waals surface area contributed by atoms with Crippen molar-refractivity contribution in [2.24, 2.45) is 5.92 Å². The fourth-order valence-corrected chi connectivity index (χ4v) is 3.72. The number of hydrogen-bond donors (Lipinski definition) is 1. The SMILES string of the molecule is C.C.CS(=O)c1ccccc1C(=O)NCC1CCCCCCC1. The molecule has 1 aromatic carbocycles. The third-order valence-corrected chi connectivity index (χ3v) is 5.19. The van der Waals surface area contributed by atoms with Crippen LogP contribution in [0.15, 0.2) is 29.2 Å². The quantitative estimate of drug-likeness (QED) is 0.857. The predicted molar refractivity (Wildman–Crippen MR) is 100 cm³/mol. The Morgan fingerprint density at radius 1 is 1.09 bits per heavy atom. The van der Waals surface area contributed by atoms with Crippen molar-refractivity contribution in [3.63, 3.8) is 0 Å². The van der Waals surface area contributed by atoms with Crippen molar-refractivity contribution >= 4 is 16.7 Å². The van der Waals surface area contributed by atoms with Gasteiger partial charge in [0.2, 0.25) is 0 Å². The van der Waals surface area contributed by atoms with E-state index < -0.39 is 10.8 Å². The Kier molecular flexibility index (Phi) is 10.8. The van der Waals surface area contributed by atoms with E-state index in [9.17, 15) is 9.00 Å². The highest BCUT2D eigenvalue weighted by Gasteiger charge is 2.16. The molecule has 0 spiro atoms. The zero-order chi connectivity index (χ0) is 15.1. The minimum Gasteiger partial charge on any atom is -0.352 e. The number of rotatable bonds is 4. The summed E-state index contributed by atoms with van der Waals surface area (Å²) in [5.74, 6) is 0.497. The Bertz CT molecular complexity index is 494. The summed E-state index contributed by atoms with van der Waals surface area (Å²) in [4.78, 5) is 12.9. The van der Waals surface area contributed by atoms with Crippen LogP contribution in [0.2, 0.25) is 0 Å². The summed E-state index contributed by atoms with van der Waals surface area (Å²) >= 11 is 0. The van der Waals surface area contributed by atoms with Crippen LogP contribution >= 0.6 is 0 Å². The third kappa shape index (κ3) is 6.86. The third-order valence-electron chi connectivity index (χ3n) is 4.22. The van der Waals surface area contributed by atoms with Crippen molar-refractivity contribution in [3.05, 3.63) is 29.8 Å². The lowest BCUT2D eigenvalue weighted by molar-refractivity contribution is 0.0941. The molecule has 1 amide bonds. The highest BCUT2D eigenvalue weighted by Crippen LogP contribution is 2.22. The van der Waals surface area contributed by atoms with Gasteiger partial charge in [0.25, 0.3) is 5.91 Å². The van der Waals surface area contributed by atoms with E-state index in [0.29, 0.717) is 16.4 Å². The molecule has 1 aliphatic rings. The largest absolute Gasteiger partial charge is 0.352 e. The predicted octanol–water partition coefficient (Wildman–Crippen LogP) is 4.79. The Labute approximate surface area is 144 Å². The van der Waals surface area contributed by atoms with Crippen LogP contribution < -0.4 is 5.32 Å². The van der Waals surface area contributed by atoms with E-state index in [2.05, 4.69) is 5.32 Å². The molecule has 1 N–H and O–H groups in total. The summed E-state index contributed by atoms with van der Waals surface area (Å²) in [7, 11) is -1.14. The van der Waals surface area contributed by atoms with Crippen molar-refractivity contribution in [2.45, 2.75) is 64.7 Å². The van der Waals surface area contributed by atoms with Gasteiger partial charge in [-0.1, -0.05) is 59.1 Å². The molecule has 2 rings (SSSR count). The summed E-state index contributed by atoms with van der Waals surface area (Å²) in [6.07, 6.45) is 10.6. The topological polar surface area (TPSA) is 46.2 Å². The zero-order valence-electron chi connectivity index (χ0n) is 12.8. The van der Waals surface area contributed by atoms with Crippen LogP contribution in [0.1, 0.15) is 70.2 Å². The molecular weight excluding hydrogens is 306 g/mol. The van der Waals surface area contributed by atoms with Gasteiger partial charge in [-0.15, -0.1) is 0 Å². The van der Waals surface area contributed by atoms with Gasteiger partial charge in [-0.3, -0.25) is 9.00 Å². The first-order valence-electron chi connectivity index (χ1n) is 7.89. The normalized spacial score (nSPS) is 16.9. The first-order valence-corrected chi connectivity index (χ1v) is 9.45. The van der Waals surface area contributed by atoms with Gasteiger partial charge in [-0.05, 0) is 30.9 Å². The van der Waals surface area contributed by atoms with Gasteiger partial charge in [0.1, 0.15) is 0 Å². The zero-order valence-corrected chi connectivity index (χ0v) is 13.6. The smallest absolute Gasteiger partial charge is 0.252 e. The number of benzene rings is 1. The molecule has 132 valence electrons. The second-order valence-electron chi connectivity index (χ2n) is 5.87. The lowest BCUT2D eigenvalue weighted by Gasteiger charge is -2.20. The Hall–Kier alpha value is -1.16. The number of amides is 1. The van der Waals surface area contributed by atoms with Crippen molar-refractivity contribution in [1.29, 1.82) is 0 Å². The highest BCUT2D eigenvalue weighted by atomic mass is 32.2. The number of carbonyl (C=O) groups is 1. The molecule has 23 heavy (non-hydrogen) atoms. The van der Waals surface area contributed by atoms with Crippen LogP contribution in [0.25, 0.3) is 0 Å². The molecule has 1 saturated carbocycles. The molecule has 1 aromatic rings. The maximum atomic E-state index is 12.3. The Morgan fingerprint density at radius 2 is 1.65 bits per heavy atom. The average Bonchev–Trinajstić information content (AvgIpc) is 2.45. The summed E-state index contributed by atoms with van der Waals surface area (Å²) in [5.41, 5.74) is 0.546. The van der Waals surface area contributed by atoms with Crippen LogP contribution in [0.3, 0.4) is 0 Å². The van der Waals surface area contributed by atoms with Crippen molar-refractivity contribution in [1.82, 2.24) is 5.32 Å². The van der Waals surface area contributed by atoms with E-state index in [1.54, 1.807) is 18.4 Å². The molecule has 4 heteroatoms. The van der Waals surface area contributed by atoms with E-state index in [1.165, 1.54) is 44.9 Å². The second kappa shape index (κ2) is 11.4. The molecule has 0 heterocycles. The fourth-order valence-electron chi connectivity index (χ4n) is 2.98. The molecule has 0 radical (unpaired) electrons. The highest BCUT2D eigenvalue weighted by molar-refractivity contribution is 7.84. The standard InChI is InChI=1S/C17H25NO2S.2CH4/c1-21(20)16-12-8-7-11-15(16)17(19)18-13-14-9-5-3-2-4-6-10-14;;/h7-8,11-12,14H,2-6,9-10,13H2,1H3,(H,18,19);2*1H4.